The summed E-state index contributed by atoms with van der Waals surface area (Å²) >= 11 is 0. The van der Waals surface area contributed by atoms with E-state index in [0.717, 1.165) is 12.2 Å². The number of benzene rings is 1. The van der Waals surface area contributed by atoms with Crippen LogP contribution in [0.5, 0.6) is 5.75 Å². The first-order valence-electron chi connectivity index (χ1n) is 9.87. The molecule has 0 spiro atoms. The fraction of sp³-hybridized carbons (Fsp3) is 0.727. The van der Waals surface area contributed by atoms with Crippen molar-refractivity contribution in [1.29, 1.82) is 0 Å². The van der Waals surface area contributed by atoms with E-state index in [0.29, 0.717) is 23.9 Å². The summed E-state index contributed by atoms with van der Waals surface area (Å²) in [6, 6.07) is 8.61. The molecule has 1 aromatic rings. The minimum Gasteiger partial charge on any atom is -0.465 e. The van der Waals surface area contributed by atoms with E-state index in [4.69, 9.17) is 9.47 Å². The maximum absolute atomic E-state index is 6.30. The molecule has 0 aliphatic heterocycles. The molecule has 1 aliphatic carbocycles. The lowest BCUT2D eigenvalue weighted by Crippen LogP contribution is -2.29. The van der Waals surface area contributed by atoms with Crippen molar-refractivity contribution in [2.24, 2.45) is 11.8 Å². The predicted molar refractivity (Wildman–Crippen MR) is 102 cm³/mol. The van der Waals surface area contributed by atoms with Crippen LogP contribution in [0.2, 0.25) is 0 Å². The van der Waals surface area contributed by atoms with Gasteiger partial charge in [-0.05, 0) is 48.3 Å². The van der Waals surface area contributed by atoms with Crippen molar-refractivity contribution in [3.8, 4) is 5.75 Å². The maximum Gasteiger partial charge on any atom is 0.200 e. The van der Waals surface area contributed by atoms with E-state index < -0.39 is 0 Å². The van der Waals surface area contributed by atoms with Crippen LogP contribution >= 0.6 is 0 Å². The lowest BCUT2D eigenvalue weighted by Gasteiger charge is -2.29. The van der Waals surface area contributed by atoms with Gasteiger partial charge >= 0.3 is 0 Å². The van der Waals surface area contributed by atoms with Gasteiger partial charge in [0.1, 0.15) is 5.75 Å². The molecule has 136 valence electrons. The SMILES string of the molecule is CC(C)CC(Oc1ccc(C(C)C(C)C)cc1)OC1CCCCC1. The van der Waals surface area contributed by atoms with Gasteiger partial charge in [-0.15, -0.1) is 0 Å². The van der Waals surface area contributed by atoms with Crippen LogP contribution in [0.4, 0.5) is 0 Å². The predicted octanol–water partition coefficient (Wildman–Crippen LogP) is 6.55. The highest BCUT2D eigenvalue weighted by molar-refractivity contribution is 5.29. The monoisotopic (exact) mass is 332 g/mol. The maximum atomic E-state index is 6.30. The van der Waals surface area contributed by atoms with Crippen LogP contribution in [0, 0.1) is 11.8 Å². The second kappa shape index (κ2) is 9.46. The summed E-state index contributed by atoms with van der Waals surface area (Å²) in [6.07, 6.45) is 7.50. The van der Waals surface area contributed by atoms with Gasteiger partial charge in [0.15, 0.2) is 6.29 Å². The normalized spacial score (nSPS) is 18.8. The molecule has 1 aliphatic rings. The summed E-state index contributed by atoms with van der Waals surface area (Å²) in [5.74, 6) is 2.72. The molecule has 0 bridgehead atoms. The summed E-state index contributed by atoms with van der Waals surface area (Å²) in [5.41, 5.74) is 1.38. The first-order valence-corrected chi connectivity index (χ1v) is 9.87. The van der Waals surface area contributed by atoms with Crippen molar-refractivity contribution < 1.29 is 9.47 Å². The van der Waals surface area contributed by atoms with Crippen LogP contribution in [0.15, 0.2) is 24.3 Å². The van der Waals surface area contributed by atoms with Gasteiger partial charge in [-0.25, -0.2) is 0 Å². The Labute approximate surface area is 148 Å². The number of rotatable bonds is 8. The van der Waals surface area contributed by atoms with Gasteiger partial charge in [0, 0.05) is 6.42 Å². The van der Waals surface area contributed by atoms with E-state index >= 15 is 0 Å². The molecule has 0 saturated heterocycles. The largest absolute Gasteiger partial charge is 0.465 e. The summed E-state index contributed by atoms with van der Waals surface area (Å²) in [7, 11) is 0. The Bertz CT molecular complexity index is 457. The Kier molecular flexibility index (Phi) is 7.61. The lowest BCUT2D eigenvalue weighted by molar-refractivity contribution is -0.136. The van der Waals surface area contributed by atoms with E-state index in [9.17, 15) is 0 Å². The van der Waals surface area contributed by atoms with Gasteiger partial charge < -0.3 is 9.47 Å². The molecule has 2 atom stereocenters. The smallest absolute Gasteiger partial charge is 0.200 e. The minimum absolute atomic E-state index is 0.124. The zero-order valence-electron chi connectivity index (χ0n) is 16.3. The number of ether oxygens (including phenoxy) is 2. The van der Waals surface area contributed by atoms with Gasteiger partial charge in [0.25, 0.3) is 0 Å². The molecule has 0 radical (unpaired) electrons. The highest BCUT2D eigenvalue weighted by Gasteiger charge is 2.21. The Morgan fingerprint density at radius 1 is 0.917 bits per heavy atom. The molecule has 2 rings (SSSR count). The molecule has 24 heavy (non-hydrogen) atoms. The molecule has 0 aromatic heterocycles. The van der Waals surface area contributed by atoms with Crippen molar-refractivity contribution in [1.82, 2.24) is 0 Å². The standard InChI is InChI=1S/C22H36O2/c1-16(2)15-22(23-20-9-7-6-8-10-20)24-21-13-11-19(12-14-21)18(5)17(3)4/h11-14,16-18,20,22H,6-10,15H2,1-5H3. The van der Waals surface area contributed by atoms with E-state index in [1.807, 2.05) is 0 Å². The molecular formula is C22H36O2. The molecule has 1 aromatic carbocycles. The van der Waals surface area contributed by atoms with Crippen molar-refractivity contribution in [2.45, 2.75) is 91.5 Å². The number of hydrogen-bond acceptors (Lipinski definition) is 2. The molecular weight excluding hydrogens is 296 g/mol. The van der Waals surface area contributed by atoms with Crippen molar-refractivity contribution in [3.63, 3.8) is 0 Å². The molecule has 2 heteroatoms. The third kappa shape index (κ3) is 6.12. The fourth-order valence-corrected chi connectivity index (χ4v) is 3.32. The van der Waals surface area contributed by atoms with Crippen molar-refractivity contribution in [2.75, 3.05) is 0 Å². The van der Waals surface area contributed by atoms with Crippen molar-refractivity contribution in [3.05, 3.63) is 29.8 Å². The Hall–Kier alpha value is -1.02. The van der Waals surface area contributed by atoms with E-state index in [1.54, 1.807) is 0 Å². The fourth-order valence-electron chi connectivity index (χ4n) is 3.32. The third-order valence-corrected chi connectivity index (χ3v) is 5.23. The van der Waals surface area contributed by atoms with E-state index in [2.05, 4.69) is 58.9 Å². The molecule has 0 heterocycles. The van der Waals surface area contributed by atoms with Crippen LogP contribution in [0.25, 0.3) is 0 Å². The Morgan fingerprint density at radius 2 is 1.54 bits per heavy atom. The molecule has 1 saturated carbocycles. The van der Waals surface area contributed by atoms with Gasteiger partial charge in [-0.1, -0.05) is 66.0 Å². The van der Waals surface area contributed by atoms with E-state index in [-0.39, 0.29) is 6.29 Å². The zero-order chi connectivity index (χ0) is 17.5. The van der Waals surface area contributed by atoms with Crippen LogP contribution in [0.1, 0.15) is 84.6 Å². The summed E-state index contributed by atoms with van der Waals surface area (Å²) in [4.78, 5) is 0. The third-order valence-electron chi connectivity index (χ3n) is 5.23. The van der Waals surface area contributed by atoms with Crippen LogP contribution < -0.4 is 4.74 Å². The topological polar surface area (TPSA) is 18.5 Å². The Balaban J connectivity index is 1.97. The average Bonchev–Trinajstić information content (AvgIpc) is 2.55. The first kappa shape index (κ1) is 19.3. The molecule has 1 fully saturated rings. The highest BCUT2D eigenvalue weighted by atomic mass is 16.7. The summed E-state index contributed by atoms with van der Waals surface area (Å²) in [5, 5.41) is 0. The summed E-state index contributed by atoms with van der Waals surface area (Å²) < 4.78 is 12.5. The second-order valence-corrected chi connectivity index (χ2v) is 8.17. The molecule has 2 unspecified atom stereocenters. The number of hydrogen-bond donors (Lipinski definition) is 0. The quantitative estimate of drug-likeness (QED) is 0.503. The molecule has 2 nitrogen and oxygen atoms in total. The van der Waals surface area contributed by atoms with E-state index in [1.165, 1.54) is 37.7 Å². The summed E-state index contributed by atoms with van der Waals surface area (Å²) in [6.45, 7) is 11.3. The van der Waals surface area contributed by atoms with Gasteiger partial charge in [0.2, 0.25) is 0 Å². The van der Waals surface area contributed by atoms with Crippen molar-refractivity contribution >= 4 is 0 Å². The van der Waals surface area contributed by atoms with Gasteiger partial charge in [0.05, 0.1) is 6.10 Å². The van der Waals surface area contributed by atoms with Crippen LogP contribution in [0.3, 0.4) is 0 Å². The zero-order valence-corrected chi connectivity index (χ0v) is 16.3. The lowest BCUT2D eigenvalue weighted by atomic mass is 9.90. The molecule has 0 amide bonds. The molecule has 0 N–H and O–H groups in total. The average molecular weight is 333 g/mol. The van der Waals surface area contributed by atoms with Gasteiger partial charge in [-0.2, -0.15) is 0 Å². The van der Waals surface area contributed by atoms with Crippen LogP contribution in [-0.4, -0.2) is 12.4 Å². The first-order chi connectivity index (χ1) is 11.5. The Morgan fingerprint density at radius 3 is 2.08 bits per heavy atom. The highest BCUT2D eigenvalue weighted by Crippen LogP contribution is 2.28. The van der Waals surface area contributed by atoms with Gasteiger partial charge in [-0.3, -0.25) is 0 Å². The van der Waals surface area contributed by atoms with Crippen LogP contribution in [-0.2, 0) is 4.74 Å². The minimum atomic E-state index is -0.124. The second-order valence-electron chi connectivity index (χ2n) is 8.17.